The van der Waals surface area contributed by atoms with Crippen molar-refractivity contribution in [3.63, 3.8) is 0 Å². The molecule has 0 spiro atoms. The Morgan fingerprint density at radius 2 is 1.69 bits per heavy atom. The maximum Gasteiger partial charge on any atom is 0.0992 e. The molecule has 72 valence electrons. The summed E-state index contributed by atoms with van der Waals surface area (Å²) in [6.07, 6.45) is 9.14. The number of fused-ring (bicyclic) bond motifs is 1. The van der Waals surface area contributed by atoms with Gasteiger partial charge in [-0.25, -0.2) is 0 Å². The highest BCUT2D eigenvalue weighted by atomic mass is 14.4. The molecule has 3 unspecified atom stereocenters. The topological polar surface area (TPSA) is 0 Å². The molecule has 0 heterocycles. The van der Waals surface area contributed by atoms with Crippen LogP contribution in [-0.4, -0.2) is 15.7 Å². The van der Waals surface area contributed by atoms with Crippen molar-refractivity contribution in [1.29, 1.82) is 0 Å². The summed E-state index contributed by atoms with van der Waals surface area (Å²) in [6.45, 7) is 2.44. The zero-order chi connectivity index (χ0) is 9.47. The van der Waals surface area contributed by atoms with Gasteiger partial charge >= 0.3 is 0 Å². The third-order valence-corrected chi connectivity index (χ3v) is 4.45. The van der Waals surface area contributed by atoms with Gasteiger partial charge in [0.15, 0.2) is 0 Å². The molecule has 0 aromatic rings. The third kappa shape index (κ3) is 1.82. The molecule has 3 atom stereocenters. The predicted molar refractivity (Wildman–Crippen MR) is 63.6 cm³/mol. The van der Waals surface area contributed by atoms with Crippen LogP contribution in [0.25, 0.3) is 0 Å². The summed E-state index contributed by atoms with van der Waals surface area (Å²) in [4.78, 5) is 0. The molecule has 2 heteroatoms. The second-order valence-electron chi connectivity index (χ2n) is 6.26. The first kappa shape index (κ1) is 9.68. The summed E-state index contributed by atoms with van der Waals surface area (Å²) >= 11 is 0. The Labute approximate surface area is 84.7 Å². The molecule has 0 bridgehead atoms. The average molecular weight is 176 g/mol. The minimum atomic E-state index is 0.566. The highest BCUT2D eigenvalue weighted by Crippen LogP contribution is 2.52. The van der Waals surface area contributed by atoms with Crippen LogP contribution in [0.1, 0.15) is 45.4 Å². The smallest absolute Gasteiger partial charge is 0.0842 e. The molecule has 0 aromatic carbocycles. The summed E-state index contributed by atoms with van der Waals surface area (Å²) in [7, 11) is 4.88. The zero-order valence-corrected chi connectivity index (χ0v) is 9.47. The van der Waals surface area contributed by atoms with Gasteiger partial charge in [0.05, 0.1) is 15.7 Å². The minimum absolute atomic E-state index is 0.566. The molecule has 2 fully saturated rings. The largest absolute Gasteiger partial charge is 0.0992 e. The van der Waals surface area contributed by atoms with Crippen LogP contribution in [0, 0.1) is 17.8 Å². The van der Waals surface area contributed by atoms with E-state index in [9.17, 15) is 0 Å². The molecular weight excluding hydrogens is 154 g/mol. The Balaban J connectivity index is 2.07. The third-order valence-electron chi connectivity index (χ3n) is 4.45. The summed E-state index contributed by atoms with van der Waals surface area (Å²) < 4.78 is 0. The fraction of sp³-hybridized carbons (Fsp3) is 1.00. The monoisotopic (exact) mass is 176 g/mol. The lowest BCUT2D eigenvalue weighted by molar-refractivity contribution is 0.217. The van der Waals surface area contributed by atoms with Crippen molar-refractivity contribution in [3.8, 4) is 0 Å². The van der Waals surface area contributed by atoms with Crippen molar-refractivity contribution >= 4 is 15.7 Å². The lowest BCUT2D eigenvalue weighted by atomic mass is 9.47. The van der Waals surface area contributed by atoms with E-state index in [-0.39, 0.29) is 0 Å². The summed E-state index contributed by atoms with van der Waals surface area (Å²) in [5.41, 5.74) is 0. The lowest BCUT2D eigenvalue weighted by Crippen LogP contribution is -2.28. The normalized spacial score (nSPS) is 40.2. The van der Waals surface area contributed by atoms with Gasteiger partial charge in [-0.2, -0.15) is 0 Å². The second kappa shape index (κ2) is 3.37. The van der Waals surface area contributed by atoms with E-state index >= 15 is 0 Å². The standard InChI is InChI=1S/C11H22B2/c1-11(12,13)10-7-6-8-4-2-3-5-9(8)10/h8-10H,2-7,12-13H2,1H3. The van der Waals surface area contributed by atoms with Crippen LogP contribution >= 0.6 is 0 Å². The van der Waals surface area contributed by atoms with Crippen LogP contribution in [-0.2, 0) is 0 Å². The molecule has 0 amide bonds. The van der Waals surface area contributed by atoms with Gasteiger partial charge in [0, 0.05) is 0 Å². The average Bonchev–Trinajstić information content (AvgIpc) is 2.45. The summed E-state index contributed by atoms with van der Waals surface area (Å²) in [5, 5.41) is 0.566. The molecule has 13 heavy (non-hydrogen) atoms. The molecule has 2 aliphatic carbocycles. The maximum absolute atomic E-state index is 2.44. The zero-order valence-electron chi connectivity index (χ0n) is 9.47. The van der Waals surface area contributed by atoms with Crippen LogP contribution in [0.15, 0.2) is 0 Å². The SMILES string of the molecule is BC(B)(C)C1CCC2CCCCC21. The number of hydrogen-bond donors (Lipinski definition) is 0. The van der Waals surface area contributed by atoms with Crippen molar-refractivity contribution in [2.75, 3.05) is 0 Å². The summed E-state index contributed by atoms with van der Waals surface area (Å²) in [5.74, 6) is 3.23. The van der Waals surface area contributed by atoms with Crippen LogP contribution in [0.2, 0.25) is 5.21 Å². The van der Waals surface area contributed by atoms with Gasteiger partial charge in [-0.1, -0.05) is 37.8 Å². The van der Waals surface area contributed by atoms with E-state index in [1.165, 1.54) is 38.5 Å². The Bertz CT molecular complexity index is 183. The second-order valence-corrected chi connectivity index (χ2v) is 6.26. The summed E-state index contributed by atoms with van der Waals surface area (Å²) in [6, 6.07) is 0. The highest BCUT2D eigenvalue weighted by Gasteiger charge is 2.42. The Morgan fingerprint density at radius 3 is 2.38 bits per heavy atom. The first-order valence-electron chi connectivity index (χ1n) is 6.09. The van der Waals surface area contributed by atoms with Gasteiger partial charge in [-0.05, 0) is 30.6 Å². The molecule has 0 saturated heterocycles. The minimum Gasteiger partial charge on any atom is -0.0842 e. The molecule has 0 aliphatic heterocycles. The molecule has 2 aliphatic rings. The van der Waals surface area contributed by atoms with Crippen LogP contribution < -0.4 is 0 Å². The van der Waals surface area contributed by atoms with E-state index in [4.69, 9.17) is 0 Å². The van der Waals surface area contributed by atoms with E-state index in [2.05, 4.69) is 22.6 Å². The van der Waals surface area contributed by atoms with Gasteiger partial charge in [0.25, 0.3) is 0 Å². The van der Waals surface area contributed by atoms with Crippen LogP contribution in [0.3, 0.4) is 0 Å². The van der Waals surface area contributed by atoms with Crippen molar-refractivity contribution in [3.05, 3.63) is 0 Å². The van der Waals surface area contributed by atoms with Crippen molar-refractivity contribution < 1.29 is 0 Å². The first-order chi connectivity index (χ1) is 6.09. The van der Waals surface area contributed by atoms with Gasteiger partial charge in [-0.3, -0.25) is 0 Å². The Kier molecular flexibility index (Phi) is 2.50. The molecule has 2 saturated carbocycles. The van der Waals surface area contributed by atoms with Gasteiger partial charge in [0.1, 0.15) is 0 Å². The quantitative estimate of drug-likeness (QED) is 0.532. The van der Waals surface area contributed by atoms with Crippen LogP contribution in [0.4, 0.5) is 0 Å². The first-order valence-corrected chi connectivity index (χ1v) is 6.09. The molecule has 0 radical (unpaired) electrons. The molecule has 2 rings (SSSR count). The van der Waals surface area contributed by atoms with E-state index in [0.29, 0.717) is 5.21 Å². The fourth-order valence-corrected chi connectivity index (χ4v) is 3.81. The van der Waals surface area contributed by atoms with Crippen molar-refractivity contribution in [2.45, 2.75) is 50.7 Å². The highest BCUT2D eigenvalue weighted by molar-refractivity contribution is 6.39. The van der Waals surface area contributed by atoms with E-state index in [1.54, 1.807) is 0 Å². The van der Waals surface area contributed by atoms with E-state index in [1.807, 2.05) is 0 Å². The van der Waals surface area contributed by atoms with Crippen molar-refractivity contribution in [2.24, 2.45) is 17.8 Å². The van der Waals surface area contributed by atoms with Gasteiger partial charge < -0.3 is 0 Å². The molecule has 0 aromatic heterocycles. The Morgan fingerprint density at radius 1 is 1.00 bits per heavy atom. The van der Waals surface area contributed by atoms with Gasteiger partial charge in [-0.15, -0.1) is 0 Å². The fourth-order valence-electron chi connectivity index (χ4n) is 3.81. The van der Waals surface area contributed by atoms with E-state index < -0.39 is 0 Å². The van der Waals surface area contributed by atoms with E-state index in [0.717, 1.165) is 17.8 Å². The molecule has 0 nitrogen and oxygen atoms in total. The molecule has 0 N–H and O–H groups in total. The lowest BCUT2D eigenvalue weighted by Gasteiger charge is -2.36. The Hall–Kier alpha value is 0.130. The maximum atomic E-state index is 2.44. The predicted octanol–water partition coefficient (Wildman–Crippen LogP) is 1.61. The number of rotatable bonds is 1. The van der Waals surface area contributed by atoms with Crippen molar-refractivity contribution in [1.82, 2.24) is 0 Å². The van der Waals surface area contributed by atoms with Gasteiger partial charge in [0.2, 0.25) is 0 Å². The van der Waals surface area contributed by atoms with Crippen LogP contribution in [0.5, 0.6) is 0 Å². The number of hydrogen-bond acceptors (Lipinski definition) is 0. The molecular formula is C11H22B2.